The van der Waals surface area contributed by atoms with Gasteiger partial charge in [-0.25, -0.2) is 12.7 Å². The number of nitrogens with one attached hydrogen (secondary N) is 2. The van der Waals surface area contributed by atoms with Gasteiger partial charge in [0.05, 0.1) is 12.9 Å². The summed E-state index contributed by atoms with van der Waals surface area (Å²) in [6.07, 6.45) is 1.53. The van der Waals surface area contributed by atoms with E-state index in [0.717, 1.165) is 24.3 Å². The molecule has 9 heteroatoms. The molecule has 7 nitrogen and oxygen atoms in total. The minimum Gasteiger partial charge on any atom is -0.496 e. The van der Waals surface area contributed by atoms with Crippen molar-refractivity contribution < 1.29 is 13.2 Å². The van der Waals surface area contributed by atoms with Crippen LogP contribution in [0.2, 0.25) is 0 Å². The molecular weight excluding hydrogens is 479 g/mol. The van der Waals surface area contributed by atoms with Gasteiger partial charge in [-0.3, -0.25) is 4.99 Å². The van der Waals surface area contributed by atoms with E-state index in [-0.39, 0.29) is 29.7 Å². The maximum atomic E-state index is 11.7. The lowest BCUT2D eigenvalue weighted by Gasteiger charge is -2.17. The molecule has 0 aliphatic heterocycles. The first-order valence-corrected chi connectivity index (χ1v) is 10.5. The smallest absolute Gasteiger partial charge is 0.213 e. The van der Waals surface area contributed by atoms with Crippen molar-refractivity contribution in [1.82, 2.24) is 14.9 Å². The Balaban J connectivity index is 0.00000676. The Morgan fingerprint density at radius 2 is 1.93 bits per heavy atom. The van der Waals surface area contributed by atoms with Crippen LogP contribution in [-0.4, -0.2) is 65.3 Å². The zero-order valence-electron chi connectivity index (χ0n) is 16.9. The lowest BCUT2D eigenvalue weighted by Crippen LogP contribution is -2.40. The second kappa shape index (κ2) is 13.2. The number of rotatable bonds is 10. The highest BCUT2D eigenvalue weighted by Gasteiger charge is 2.13. The molecule has 0 aromatic heterocycles. The first kappa shape index (κ1) is 25.9. The minimum atomic E-state index is -3.11. The number of aliphatic imine (C=N–C) groups is 1. The van der Waals surface area contributed by atoms with Gasteiger partial charge in [-0.05, 0) is 38.3 Å². The van der Waals surface area contributed by atoms with Gasteiger partial charge >= 0.3 is 0 Å². The van der Waals surface area contributed by atoms with Crippen LogP contribution in [-0.2, 0) is 16.4 Å². The number of ether oxygens (including phenoxy) is 1. The Morgan fingerprint density at radius 3 is 2.52 bits per heavy atom. The Bertz CT molecular complexity index is 696. The quantitative estimate of drug-likeness (QED) is 0.217. The summed E-state index contributed by atoms with van der Waals surface area (Å²) < 4.78 is 30.2. The Kier molecular flexibility index (Phi) is 12.6. The summed E-state index contributed by atoms with van der Waals surface area (Å²) in [5.74, 6) is 1.72. The summed E-state index contributed by atoms with van der Waals surface area (Å²) in [4.78, 5) is 4.19. The number of benzene rings is 1. The molecule has 156 valence electrons. The van der Waals surface area contributed by atoms with Gasteiger partial charge < -0.3 is 15.4 Å². The van der Waals surface area contributed by atoms with Gasteiger partial charge in [0, 0.05) is 33.7 Å². The molecule has 0 bridgehead atoms. The third kappa shape index (κ3) is 9.11. The number of hydrogen-bond acceptors (Lipinski definition) is 4. The maximum absolute atomic E-state index is 11.7. The average molecular weight is 512 g/mol. The molecule has 0 saturated heterocycles. The van der Waals surface area contributed by atoms with Gasteiger partial charge in [-0.15, -0.1) is 24.0 Å². The highest BCUT2D eigenvalue weighted by atomic mass is 127. The zero-order valence-corrected chi connectivity index (χ0v) is 20.1. The van der Waals surface area contributed by atoms with E-state index in [0.29, 0.717) is 25.5 Å². The van der Waals surface area contributed by atoms with Crippen molar-refractivity contribution in [3.8, 4) is 5.75 Å². The number of methoxy groups -OCH3 is 1. The molecular formula is C18H33IN4O3S. The van der Waals surface area contributed by atoms with Crippen LogP contribution >= 0.6 is 24.0 Å². The summed E-state index contributed by atoms with van der Waals surface area (Å²) >= 11 is 0. The fraction of sp³-hybridized carbons (Fsp3) is 0.611. The van der Waals surface area contributed by atoms with Crippen LogP contribution in [0.15, 0.2) is 23.2 Å². The Labute approximate surface area is 181 Å². The molecule has 0 unspecified atom stereocenters. The number of sulfonamides is 1. The normalized spacial score (nSPS) is 11.9. The van der Waals surface area contributed by atoms with E-state index in [1.165, 1.54) is 9.87 Å². The van der Waals surface area contributed by atoms with E-state index in [1.807, 2.05) is 12.1 Å². The van der Waals surface area contributed by atoms with Gasteiger partial charge in [-0.2, -0.15) is 0 Å². The van der Waals surface area contributed by atoms with Crippen LogP contribution in [0.3, 0.4) is 0 Å². The van der Waals surface area contributed by atoms with Crippen molar-refractivity contribution in [3.05, 3.63) is 29.3 Å². The van der Waals surface area contributed by atoms with Gasteiger partial charge in [0.1, 0.15) is 5.75 Å². The van der Waals surface area contributed by atoms with Gasteiger partial charge in [-0.1, -0.05) is 17.7 Å². The van der Waals surface area contributed by atoms with Gasteiger partial charge in [0.2, 0.25) is 10.0 Å². The Morgan fingerprint density at radius 1 is 1.26 bits per heavy atom. The van der Waals surface area contributed by atoms with Crippen molar-refractivity contribution in [1.29, 1.82) is 0 Å². The third-order valence-corrected chi connectivity index (χ3v) is 5.99. The van der Waals surface area contributed by atoms with Crippen LogP contribution in [0.25, 0.3) is 0 Å². The van der Waals surface area contributed by atoms with Crippen LogP contribution < -0.4 is 15.4 Å². The molecule has 27 heavy (non-hydrogen) atoms. The predicted molar refractivity (Wildman–Crippen MR) is 123 cm³/mol. The molecule has 2 N–H and O–H groups in total. The standard InChI is InChI=1S/C18H32N4O3S.HI/c1-6-26(23,24)22(4)13-7-11-20-18(19-3)21-12-10-16-14-15(2)8-9-17(16)25-5;/h8-9,14H,6-7,10-13H2,1-5H3,(H2,19,20,21);1H. The number of aryl methyl sites for hydroxylation is 1. The van der Waals surface area contributed by atoms with Crippen LogP contribution in [0, 0.1) is 6.92 Å². The fourth-order valence-electron chi connectivity index (χ4n) is 2.51. The molecule has 1 aromatic carbocycles. The van der Waals surface area contributed by atoms with Gasteiger partial charge in [0.25, 0.3) is 0 Å². The van der Waals surface area contributed by atoms with E-state index >= 15 is 0 Å². The topological polar surface area (TPSA) is 83.0 Å². The molecule has 0 spiro atoms. The lowest BCUT2D eigenvalue weighted by molar-refractivity contribution is 0.409. The SMILES string of the molecule is CCS(=O)(=O)N(C)CCCNC(=NC)NCCc1cc(C)ccc1OC.I. The average Bonchev–Trinajstić information content (AvgIpc) is 2.63. The third-order valence-electron chi connectivity index (χ3n) is 4.13. The molecule has 0 amide bonds. The van der Waals surface area contributed by atoms with Crippen LogP contribution in [0.4, 0.5) is 0 Å². The maximum Gasteiger partial charge on any atom is 0.213 e. The van der Waals surface area contributed by atoms with E-state index in [9.17, 15) is 8.42 Å². The van der Waals surface area contributed by atoms with Crippen LogP contribution in [0.5, 0.6) is 5.75 Å². The minimum absolute atomic E-state index is 0. The van der Waals surface area contributed by atoms with Gasteiger partial charge in [0.15, 0.2) is 5.96 Å². The summed E-state index contributed by atoms with van der Waals surface area (Å²) in [6, 6.07) is 6.14. The molecule has 0 radical (unpaired) electrons. The van der Waals surface area contributed by atoms with Crippen molar-refractivity contribution >= 4 is 40.0 Å². The van der Waals surface area contributed by atoms with Crippen molar-refractivity contribution in [2.24, 2.45) is 4.99 Å². The second-order valence-electron chi connectivity index (χ2n) is 6.07. The first-order chi connectivity index (χ1) is 12.3. The highest BCUT2D eigenvalue weighted by Crippen LogP contribution is 2.19. The predicted octanol–water partition coefficient (Wildman–Crippen LogP) is 2.00. The zero-order chi connectivity index (χ0) is 19.6. The molecule has 0 atom stereocenters. The fourth-order valence-corrected chi connectivity index (χ4v) is 3.35. The highest BCUT2D eigenvalue weighted by molar-refractivity contribution is 14.0. The monoisotopic (exact) mass is 512 g/mol. The largest absolute Gasteiger partial charge is 0.496 e. The van der Waals surface area contributed by atoms with Crippen molar-refractivity contribution in [3.63, 3.8) is 0 Å². The van der Waals surface area contributed by atoms with E-state index < -0.39 is 10.0 Å². The van der Waals surface area contributed by atoms with E-state index in [4.69, 9.17) is 4.74 Å². The first-order valence-electron chi connectivity index (χ1n) is 8.86. The molecule has 0 aliphatic carbocycles. The van der Waals surface area contributed by atoms with E-state index in [1.54, 1.807) is 28.1 Å². The summed E-state index contributed by atoms with van der Waals surface area (Å²) in [7, 11) is 1.90. The summed E-state index contributed by atoms with van der Waals surface area (Å²) in [5, 5.41) is 6.48. The molecule has 1 rings (SSSR count). The second-order valence-corrected chi connectivity index (χ2v) is 8.43. The number of hydrogen-bond donors (Lipinski definition) is 2. The molecule has 1 aromatic rings. The lowest BCUT2D eigenvalue weighted by atomic mass is 10.1. The molecule has 0 aliphatic rings. The van der Waals surface area contributed by atoms with Crippen LogP contribution in [0.1, 0.15) is 24.5 Å². The number of halogens is 1. The Hall–Kier alpha value is -1.07. The van der Waals surface area contributed by atoms with Crippen molar-refractivity contribution in [2.45, 2.75) is 26.7 Å². The number of guanidine groups is 1. The number of nitrogens with zero attached hydrogens (tertiary/aromatic N) is 2. The van der Waals surface area contributed by atoms with E-state index in [2.05, 4.69) is 28.6 Å². The van der Waals surface area contributed by atoms with Crippen molar-refractivity contribution in [2.75, 3.05) is 46.6 Å². The molecule has 0 heterocycles. The molecule has 0 fully saturated rings. The molecule has 0 saturated carbocycles. The summed E-state index contributed by atoms with van der Waals surface area (Å²) in [6.45, 7) is 5.58. The summed E-state index contributed by atoms with van der Waals surface area (Å²) in [5.41, 5.74) is 2.36.